The lowest BCUT2D eigenvalue weighted by Crippen LogP contribution is -2.26. The zero-order valence-corrected chi connectivity index (χ0v) is 6.72. The molecule has 0 aliphatic heterocycles. The van der Waals surface area contributed by atoms with Crippen LogP contribution in [0.3, 0.4) is 0 Å². The van der Waals surface area contributed by atoms with Gasteiger partial charge in [0.15, 0.2) is 0 Å². The Morgan fingerprint density at radius 2 is 1.89 bits per heavy atom. The van der Waals surface area contributed by atoms with Gasteiger partial charge in [-0.05, 0) is 6.92 Å². The SMILES string of the molecule is CCOC=C[N+](C)(C)C. The number of quaternary nitrogens is 1. The van der Waals surface area contributed by atoms with E-state index < -0.39 is 0 Å². The van der Waals surface area contributed by atoms with Crippen LogP contribution in [0.2, 0.25) is 0 Å². The number of nitrogens with zero attached hydrogens (tertiary/aromatic N) is 1. The maximum absolute atomic E-state index is 5.01. The molecule has 0 heterocycles. The third kappa shape index (κ3) is 7.50. The number of rotatable bonds is 3. The summed E-state index contributed by atoms with van der Waals surface area (Å²) in [6.07, 6.45) is 3.73. The van der Waals surface area contributed by atoms with Crippen molar-refractivity contribution in [3.63, 3.8) is 0 Å². The van der Waals surface area contributed by atoms with Gasteiger partial charge in [0.05, 0.1) is 27.7 Å². The predicted molar refractivity (Wildman–Crippen MR) is 38.8 cm³/mol. The van der Waals surface area contributed by atoms with Gasteiger partial charge in [-0.25, -0.2) is 0 Å². The first-order valence-corrected chi connectivity index (χ1v) is 3.16. The van der Waals surface area contributed by atoms with Crippen LogP contribution in [-0.4, -0.2) is 32.2 Å². The van der Waals surface area contributed by atoms with E-state index in [-0.39, 0.29) is 0 Å². The fraction of sp³-hybridized carbons (Fsp3) is 0.714. The maximum atomic E-state index is 5.01. The summed E-state index contributed by atoms with van der Waals surface area (Å²) in [5.41, 5.74) is 0. The highest BCUT2D eigenvalue weighted by Gasteiger charge is 1.97. The summed E-state index contributed by atoms with van der Waals surface area (Å²) in [7, 11) is 6.24. The summed E-state index contributed by atoms with van der Waals surface area (Å²) in [6, 6.07) is 0. The van der Waals surface area contributed by atoms with Crippen molar-refractivity contribution >= 4 is 0 Å². The Labute approximate surface area is 57.3 Å². The van der Waals surface area contributed by atoms with Crippen LogP contribution in [0, 0.1) is 0 Å². The number of hydrogen-bond acceptors (Lipinski definition) is 1. The molecule has 0 spiro atoms. The van der Waals surface area contributed by atoms with E-state index in [9.17, 15) is 0 Å². The van der Waals surface area contributed by atoms with Gasteiger partial charge in [0.2, 0.25) is 0 Å². The van der Waals surface area contributed by atoms with Crippen molar-refractivity contribution in [3.05, 3.63) is 12.5 Å². The smallest absolute Gasteiger partial charge is 0.136 e. The summed E-state index contributed by atoms with van der Waals surface area (Å²) >= 11 is 0. The molecule has 0 aromatic heterocycles. The van der Waals surface area contributed by atoms with Crippen molar-refractivity contribution in [1.82, 2.24) is 0 Å². The maximum Gasteiger partial charge on any atom is 0.136 e. The van der Waals surface area contributed by atoms with Gasteiger partial charge in [0, 0.05) is 0 Å². The lowest BCUT2D eigenvalue weighted by atomic mass is 10.7. The van der Waals surface area contributed by atoms with Crippen molar-refractivity contribution in [2.45, 2.75) is 6.92 Å². The van der Waals surface area contributed by atoms with E-state index in [0.717, 1.165) is 11.1 Å². The van der Waals surface area contributed by atoms with E-state index in [4.69, 9.17) is 4.74 Å². The molecular formula is C7H16NO+. The minimum absolute atomic E-state index is 0.747. The zero-order valence-electron chi connectivity index (χ0n) is 6.72. The highest BCUT2D eigenvalue weighted by atomic mass is 16.5. The zero-order chi connectivity index (χ0) is 7.33. The van der Waals surface area contributed by atoms with Crippen molar-refractivity contribution < 1.29 is 9.22 Å². The Morgan fingerprint density at radius 3 is 2.22 bits per heavy atom. The van der Waals surface area contributed by atoms with E-state index in [1.54, 1.807) is 6.26 Å². The molecule has 0 fully saturated rings. The molecule has 0 amide bonds. The van der Waals surface area contributed by atoms with Crippen LogP contribution in [0.25, 0.3) is 0 Å². The lowest BCUT2D eigenvalue weighted by molar-refractivity contribution is -0.817. The van der Waals surface area contributed by atoms with Gasteiger partial charge in [-0.1, -0.05) is 0 Å². The van der Waals surface area contributed by atoms with E-state index in [1.807, 2.05) is 13.1 Å². The number of ether oxygens (including phenoxy) is 1. The van der Waals surface area contributed by atoms with Crippen molar-refractivity contribution in [1.29, 1.82) is 0 Å². The minimum atomic E-state index is 0.747. The van der Waals surface area contributed by atoms with E-state index in [1.165, 1.54) is 0 Å². The van der Waals surface area contributed by atoms with Crippen LogP contribution >= 0.6 is 0 Å². The molecule has 2 nitrogen and oxygen atoms in total. The summed E-state index contributed by atoms with van der Waals surface area (Å²) in [4.78, 5) is 0. The molecule has 0 saturated carbocycles. The van der Waals surface area contributed by atoms with Gasteiger partial charge in [-0.2, -0.15) is 0 Å². The molecule has 0 bridgehead atoms. The van der Waals surface area contributed by atoms with E-state index in [2.05, 4.69) is 21.1 Å². The Hall–Kier alpha value is -0.500. The van der Waals surface area contributed by atoms with Crippen molar-refractivity contribution in [2.75, 3.05) is 27.7 Å². The van der Waals surface area contributed by atoms with Crippen LogP contribution in [0.4, 0.5) is 0 Å². The molecule has 0 aromatic rings. The lowest BCUT2D eigenvalue weighted by Gasteiger charge is -2.16. The highest BCUT2D eigenvalue weighted by Crippen LogP contribution is 1.90. The Kier molecular flexibility index (Phi) is 3.32. The average molecular weight is 130 g/mol. The molecule has 0 N–H and O–H groups in total. The molecule has 0 aromatic carbocycles. The van der Waals surface area contributed by atoms with Gasteiger partial charge in [-0.3, -0.25) is 0 Å². The molecule has 0 unspecified atom stereocenters. The Balaban J connectivity index is 3.45. The van der Waals surface area contributed by atoms with Gasteiger partial charge >= 0.3 is 0 Å². The summed E-state index contributed by atoms with van der Waals surface area (Å²) in [5.74, 6) is 0. The normalized spacial score (nSPS) is 12.4. The van der Waals surface area contributed by atoms with E-state index >= 15 is 0 Å². The fourth-order valence-electron chi connectivity index (χ4n) is 0.322. The molecule has 54 valence electrons. The van der Waals surface area contributed by atoms with Crippen LogP contribution in [-0.2, 0) is 4.74 Å². The topological polar surface area (TPSA) is 9.23 Å². The van der Waals surface area contributed by atoms with Gasteiger partial charge in [-0.15, -0.1) is 0 Å². The molecule has 0 aliphatic carbocycles. The summed E-state index contributed by atoms with van der Waals surface area (Å²) in [5, 5.41) is 0. The Bertz CT molecular complexity index is 91.6. The second-order valence-corrected chi connectivity index (χ2v) is 2.86. The second kappa shape index (κ2) is 3.51. The third-order valence-electron chi connectivity index (χ3n) is 0.771. The first kappa shape index (κ1) is 8.50. The number of hydrogen-bond donors (Lipinski definition) is 0. The van der Waals surface area contributed by atoms with Crippen LogP contribution in [0.1, 0.15) is 6.92 Å². The van der Waals surface area contributed by atoms with Gasteiger partial charge < -0.3 is 9.22 Å². The molecule has 0 radical (unpaired) electrons. The summed E-state index contributed by atoms with van der Waals surface area (Å²) in [6.45, 7) is 2.72. The van der Waals surface area contributed by atoms with Crippen LogP contribution < -0.4 is 0 Å². The standard InChI is InChI=1S/C7H16NO/c1-5-9-7-6-8(2,3)4/h6-7H,5H2,1-4H3/q+1. The monoisotopic (exact) mass is 130 g/mol. The average Bonchev–Trinajstić information content (AvgIpc) is 1.63. The van der Waals surface area contributed by atoms with Crippen LogP contribution in [0.5, 0.6) is 0 Å². The van der Waals surface area contributed by atoms with Crippen LogP contribution in [0.15, 0.2) is 12.5 Å². The van der Waals surface area contributed by atoms with Crippen molar-refractivity contribution in [3.8, 4) is 0 Å². The van der Waals surface area contributed by atoms with Gasteiger partial charge in [0.25, 0.3) is 0 Å². The molecule has 0 saturated heterocycles. The first-order valence-electron chi connectivity index (χ1n) is 3.16. The summed E-state index contributed by atoms with van der Waals surface area (Å²) < 4.78 is 5.82. The Morgan fingerprint density at radius 1 is 1.33 bits per heavy atom. The van der Waals surface area contributed by atoms with Crippen molar-refractivity contribution in [2.24, 2.45) is 0 Å². The molecule has 0 aliphatic rings. The molecule has 9 heavy (non-hydrogen) atoms. The largest absolute Gasteiger partial charge is 0.496 e. The van der Waals surface area contributed by atoms with E-state index in [0.29, 0.717) is 0 Å². The predicted octanol–water partition coefficient (Wildman–Crippen LogP) is 1.20. The molecule has 0 rings (SSSR count). The second-order valence-electron chi connectivity index (χ2n) is 2.86. The molecule has 2 heteroatoms. The molecule has 0 atom stereocenters. The first-order chi connectivity index (χ1) is 4.06. The van der Waals surface area contributed by atoms with Gasteiger partial charge in [0.1, 0.15) is 12.5 Å². The minimum Gasteiger partial charge on any atom is -0.496 e. The highest BCUT2D eigenvalue weighted by molar-refractivity contribution is 4.59. The third-order valence-corrected chi connectivity index (χ3v) is 0.771. The molecular weight excluding hydrogens is 114 g/mol. The fourth-order valence-corrected chi connectivity index (χ4v) is 0.322. The quantitative estimate of drug-likeness (QED) is 0.412.